The second kappa shape index (κ2) is 7.13. The molecule has 5 nitrogen and oxygen atoms in total. The monoisotopic (exact) mass is 315 g/mol. The summed E-state index contributed by atoms with van der Waals surface area (Å²) >= 11 is 0. The third-order valence-electron chi connectivity index (χ3n) is 4.72. The first kappa shape index (κ1) is 16.0. The predicted octanol–water partition coefficient (Wildman–Crippen LogP) is 1.79. The highest BCUT2D eigenvalue weighted by molar-refractivity contribution is 6.05. The highest BCUT2D eigenvalue weighted by atomic mass is 16.2. The van der Waals surface area contributed by atoms with E-state index >= 15 is 0 Å². The van der Waals surface area contributed by atoms with Crippen molar-refractivity contribution in [3.63, 3.8) is 0 Å². The lowest BCUT2D eigenvalue weighted by Gasteiger charge is -2.24. The van der Waals surface area contributed by atoms with Crippen molar-refractivity contribution in [1.82, 2.24) is 10.6 Å². The van der Waals surface area contributed by atoms with Crippen molar-refractivity contribution in [2.24, 2.45) is 11.8 Å². The van der Waals surface area contributed by atoms with E-state index in [-0.39, 0.29) is 17.7 Å². The molecule has 23 heavy (non-hydrogen) atoms. The zero-order chi connectivity index (χ0) is 16.2. The molecule has 5 heteroatoms. The van der Waals surface area contributed by atoms with Gasteiger partial charge in [-0.2, -0.15) is 0 Å². The van der Waals surface area contributed by atoms with Gasteiger partial charge in [0.2, 0.25) is 5.91 Å². The Hall–Kier alpha value is -1.88. The maximum atomic E-state index is 12.6. The molecule has 1 aliphatic carbocycles. The van der Waals surface area contributed by atoms with Gasteiger partial charge >= 0.3 is 0 Å². The summed E-state index contributed by atoms with van der Waals surface area (Å²) in [6.07, 6.45) is 4.24. The van der Waals surface area contributed by atoms with Gasteiger partial charge in [-0.1, -0.05) is 12.1 Å². The predicted molar refractivity (Wildman–Crippen MR) is 90.5 cm³/mol. The van der Waals surface area contributed by atoms with E-state index in [2.05, 4.69) is 10.6 Å². The van der Waals surface area contributed by atoms with E-state index in [4.69, 9.17) is 0 Å². The number of anilines is 1. The fourth-order valence-electron chi connectivity index (χ4n) is 3.11. The molecular weight excluding hydrogens is 290 g/mol. The molecule has 1 saturated heterocycles. The van der Waals surface area contributed by atoms with Crippen LogP contribution in [0.25, 0.3) is 0 Å². The zero-order valence-corrected chi connectivity index (χ0v) is 13.7. The first-order valence-corrected chi connectivity index (χ1v) is 8.52. The molecule has 0 spiro atoms. The van der Waals surface area contributed by atoms with Crippen molar-refractivity contribution in [3.05, 3.63) is 29.8 Å². The van der Waals surface area contributed by atoms with Crippen LogP contribution in [0.5, 0.6) is 0 Å². The van der Waals surface area contributed by atoms with Crippen LogP contribution in [0.1, 0.15) is 36.0 Å². The van der Waals surface area contributed by atoms with Gasteiger partial charge < -0.3 is 15.5 Å². The highest BCUT2D eigenvalue weighted by Crippen LogP contribution is 2.33. The fraction of sp³-hybridized carbons (Fsp3) is 0.556. The maximum absolute atomic E-state index is 12.6. The lowest BCUT2D eigenvalue weighted by atomic mass is 9.99. The van der Waals surface area contributed by atoms with E-state index in [0.29, 0.717) is 23.7 Å². The molecule has 1 saturated carbocycles. The van der Waals surface area contributed by atoms with Gasteiger partial charge in [-0.05, 0) is 56.8 Å². The molecule has 1 aliphatic heterocycles. The summed E-state index contributed by atoms with van der Waals surface area (Å²) in [5.74, 6) is 0.651. The normalized spacial score (nSPS) is 20.8. The molecular formula is C18H25N3O2. The van der Waals surface area contributed by atoms with Crippen LogP contribution in [0.3, 0.4) is 0 Å². The molecule has 124 valence electrons. The molecule has 1 atom stereocenters. The van der Waals surface area contributed by atoms with Crippen molar-refractivity contribution in [1.29, 1.82) is 0 Å². The summed E-state index contributed by atoms with van der Waals surface area (Å²) in [6, 6.07) is 7.35. The number of piperidine rings is 1. The Bertz CT molecular complexity index is 577. The van der Waals surface area contributed by atoms with Gasteiger partial charge in [-0.3, -0.25) is 9.59 Å². The number of carbonyl (C=O) groups is 2. The summed E-state index contributed by atoms with van der Waals surface area (Å²) < 4.78 is 0. The van der Waals surface area contributed by atoms with Gasteiger partial charge in [0.05, 0.1) is 11.3 Å². The van der Waals surface area contributed by atoms with E-state index in [9.17, 15) is 9.59 Å². The molecule has 2 aliphatic rings. The minimum Gasteiger partial charge on any atom is -0.352 e. The first-order chi connectivity index (χ1) is 11.2. The van der Waals surface area contributed by atoms with Crippen molar-refractivity contribution < 1.29 is 9.59 Å². The Morgan fingerprint density at radius 2 is 2.04 bits per heavy atom. The van der Waals surface area contributed by atoms with Crippen LogP contribution >= 0.6 is 0 Å². The minimum absolute atomic E-state index is 0.0957. The molecule has 0 radical (unpaired) electrons. The first-order valence-electron chi connectivity index (χ1n) is 8.52. The van der Waals surface area contributed by atoms with Crippen LogP contribution in [0.4, 0.5) is 5.69 Å². The Morgan fingerprint density at radius 3 is 2.74 bits per heavy atom. The lowest BCUT2D eigenvalue weighted by molar-refractivity contribution is -0.119. The maximum Gasteiger partial charge on any atom is 0.253 e. The Labute approximate surface area is 137 Å². The molecule has 1 unspecified atom stereocenters. The van der Waals surface area contributed by atoms with Gasteiger partial charge in [0.1, 0.15) is 0 Å². The molecule has 1 aromatic rings. The van der Waals surface area contributed by atoms with Crippen LogP contribution in [0.2, 0.25) is 0 Å². The average molecular weight is 315 g/mol. The van der Waals surface area contributed by atoms with E-state index in [1.54, 1.807) is 18.0 Å². The van der Waals surface area contributed by atoms with Crippen LogP contribution in [-0.4, -0.2) is 38.5 Å². The molecule has 1 heterocycles. The van der Waals surface area contributed by atoms with E-state index in [1.165, 1.54) is 0 Å². The number of carbonyl (C=O) groups excluding carboxylic acids is 2. The number of nitrogens with zero attached hydrogens (tertiary/aromatic N) is 1. The molecule has 0 bridgehead atoms. The molecule has 1 aromatic carbocycles. The van der Waals surface area contributed by atoms with E-state index < -0.39 is 0 Å². The highest BCUT2D eigenvalue weighted by Gasteiger charge is 2.33. The summed E-state index contributed by atoms with van der Waals surface area (Å²) in [5.41, 5.74) is 1.27. The minimum atomic E-state index is -0.0957. The van der Waals surface area contributed by atoms with Crippen molar-refractivity contribution in [2.75, 3.05) is 31.6 Å². The number of nitrogens with one attached hydrogen (secondary N) is 2. The van der Waals surface area contributed by atoms with E-state index in [0.717, 1.165) is 38.8 Å². The Kier molecular flexibility index (Phi) is 4.96. The molecule has 2 amide bonds. The third-order valence-corrected chi connectivity index (χ3v) is 4.72. The molecule has 0 aromatic heterocycles. The van der Waals surface area contributed by atoms with Gasteiger partial charge in [0.25, 0.3) is 5.91 Å². The van der Waals surface area contributed by atoms with Crippen LogP contribution in [0.15, 0.2) is 24.3 Å². The standard InChI is InChI=1S/C18H25N3O2/c1-21(18(23)14-8-9-14)16-7-3-2-6-15(16)17(22)20-12-13-5-4-10-19-11-13/h2-3,6-7,13-14,19H,4-5,8-12H2,1H3,(H,20,22). The topological polar surface area (TPSA) is 61.4 Å². The van der Waals surface area contributed by atoms with Crippen molar-refractivity contribution >= 4 is 17.5 Å². The van der Waals surface area contributed by atoms with Gasteiger partial charge in [-0.15, -0.1) is 0 Å². The number of para-hydroxylation sites is 1. The Morgan fingerprint density at radius 1 is 1.26 bits per heavy atom. The SMILES string of the molecule is CN(C(=O)C1CC1)c1ccccc1C(=O)NCC1CCCNC1. The number of rotatable bonds is 5. The van der Waals surface area contributed by atoms with Crippen molar-refractivity contribution in [3.8, 4) is 0 Å². The quantitative estimate of drug-likeness (QED) is 0.871. The number of benzene rings is 1. The van der Waals surface area contributed by atoms with Gasteiger partial charge in [-0.25, -0.2) is 0 Å². The van der Waals surface area contributed by atoms with Crippen LogP contribution < -0.4 is 15.5 Å². The second-order valence-corrected chi connectivity index (χ2v) is 6.61. The average Bonchev–Trinajstić information content (AvgIpc) is 3.44. The smallest absolute Gasteiger partial charge is 0.253 e. The van der Waals surface area contributed by atoms with Crippen molar-refractivity contribution in [2.45, 2.75) is 25.7 Å². The molecule has 3 rings (SSSR count). The lowest BCUT2D eigenvalue weighted by Crippen LogP contribution is -2.38. The van der Waals surface area contributed by atoms with Gasteiger partial charge in [0, 0.05) is 19.5 Å². The zero-order valence-electron chi connectivity index (χ0n) is 13.7. The third kappa shape index (κ3) is 3.91. The summed E-state index contributed by atoms with van der Waals surface area (Å²) in [4.78, 5) is 26.5. The van der Waals surface area contributed by atoms with Crippen LogP contribution in [-0.2, 0) is 4.79 Å². The summed E-state index contributed by atoms with van der Waals surface area (Å²) in [7, 11) is 1.76. The molecule has 2 N–H and O–H groups in total. The summed E-state index contributed by atoms with van der Waals surface area (Å²) in [5, 5.41) is 6.39. The van der Waals surface area contributed by atoms with Gasteiger partial charge in [0.15, 0.2) is 0 Å². The second-order valence-electron chi connectivity index (χ2n) is 6.61. The van der Waals surface area contributed by atoms with Crippen LogP contribution in [0, 0.1) is 11.8 Å². The largest absolute Gasteiger partial charge is 0.352 e. The fourth-order valence-corrected chi connectivity index (χ4v) is 3.11. The number of hydrogen-bond donors (Lipinski definition) is 2. The number of amides is 2. The molecule has 2 fully saturated rings. The van der Waals surface area contributed by atoms with E-state index in [1.807, 2.05) is 18.2 Å². The number of hydrogen-bond acceptors (Lipinski definition) is 3. The Balaban J connectivity index is 1.66. The summed E-state index contributed by atoms with van der Waals surface area (Å²) in [6.45, 7) is 2.71.